The van der Waals surface area contributed by atoms with E-state index in [4.69, 9.17) is 0 Å². The van der Waals surface area contributed by atoms with Crippen molar-refractivity contribution in [3.63, 3.8) is 0 Å². The van der Waals surface area contributed by atoms with Crippen molar-refractivity contribution in [2.24, 2.45) is 0 Å². The zero-order chi connectivity index (χ0) is 13.7. The maximum Gasteiger partial charge on any atom is 0.224 e. The van der Waals surface area contributed by atoms with Gasteiger partial charge in [-0.1, -0.05) is 12.1 Å². The van der Waals surface area contributed by atoms with Gasteiger partial charge in [-0.25, -0.2) is 4.39 Å². The first-order valence-corrected chi connectivity index (χ1v) is 6.89. The van der Waals surface area contributed by atoms with Gasteiger partial charge < -0.3 is 10.2 Å². The number of amides is 1. The summed E-state index contributed by atoms with van der Waals surface area (Å²) < 4.78 is 13.1. The van der Waals surface area contributed by atoms with Crippen LogP contribution in [0.2, 0.25) is 0 Å². The van der Waals surface area contributed by atoms with Crippen LogP contribution in [-0.4, -0.2) is 37.0 Å². The summed E-state index contributed by atoms with van der Waals surface area (Å²) in [7, 11) is 1.85. The van der Waals surface area contributed by atoms with Gasteiger partial charge in [0.05, 0.1) is 0 Å². The Hall–Kier alpha value is -1.42. The molecule has 0 aromatic heterocycles. The minimum absolute atomic E-state index is 0.202. The molecule has 0 radical (unpaired) electrons. The van der Waals surface area contributed by atoms with Crippen molar-refractivity contribution >= 4 is 5.91 Å². The van der Waals surface area contributed by atoms with Crippen LogP contribution in [0.25, 0.3) is 0 Å². The molecule has 0 heterocycles. The SMILES string of the molecule is CNCCC(=O)N(CCc1cccc(F)c1)C1CC1. The average molecular weight is 264 g/mol. The predicted octanol–water partition coefficient (Wildman–Crippen LogP) is 1.97. The molecular weight excluding hydrogens is 243 g/mol. The maximum absolute atomic E-state index is 13.1. The molecule has 1 aliphatic carbocycles. The number of carbonyl (C=O) groups excluding carboxylic acids is 1. The molecule has 0 spiro atoms. The van der Waals surface area contributed by atoms with Gasteiger partial charge in [-0.05, 0) is 44.0 Å². The smallest absolute Gasteiger partial charge is 0.224 e. The Bertz CT molecular complexity index is 432. The van der Waals surface area contributed by atoms with Crippen LogP contribution in [-0.2, 0) is 11.2 Å². The Balaban J connectivity index is 1.88. The fourth-order valence-corrected chi connectivity index (χ4v) is 2.21. The lowest BCUT2D eigenvalue weighted by molar-refractivity contribution is -0.131. The molecule has 0 saturated heterocycles. The third kappa shape index (κ3) is 4.31. The molecule has 0 atom stereocenters. The summed E-state index contributed by atoms with van der Waals surface area (Å²) in [6.07, 6.45) is 3.47. The van der Waals surface area contributed by atoms with E-state index < -0.39 is 0 Å². The second-order valence-corrected chi connectivity index (χ2v) is 5.05. The molecular formula is C15H21FN2O. The normalized spacial score (nSPS) is 14.4. The van der Waals surface area contributed by atoms with Gasteiger partial charge in [0, 0.05) is 25.6 Å². The number of carbonyl (C=O) groups is 1. The van der Waals surface area contributed by atoms with E-state index in [0.717, 1.165) is 24.8 Å². The molecule has 3 nitrogen and oxygen atoms in total. The molecule has 1 fully saturated rings. The van der Waals surface area contributed by atoms with E-state index in [-0.39, 0.29) is 11.7 Å². The highest BCUT2D eigenvalue weighted by Crippen LogP contribution is 2.27. The third-order valence-corrected chi connectivity index (χ3v) is 3.43. The molecule has 104 valence electrons. The zero-order valence-corrected chi connectivity index (χ0v) is 11.4. The lowest BCUT2D eigenvalue weighted by Crippen LogP contribution is -2.36. The van der Waals surface area contributed by atoms with E-state index in [1.807, 2.05) is 18.0 Å². The minimum Gasteiger partial charge on any atom is -0.339 e. The Labute approximate surface area is 113 Å². The second-order valence-electron chi connectivity index (χ2n) is 5.05. The van der Waals surface area contributed by atoms with Crippen LogP contribution in [0.15, 0.2) is 24.3 Å². The summed E-state index contributed by atoms with van der Waals surface area (Å²) in [5.74, 6) is -0.00904. The van der Waals surface area contributed by atoms with Crippen molar-refractivity contribution < 1.29 is 9.18 Å². The van der Waals surface area contributed by atoms with Crippen LogP contribution in [0.4, 0.5) is 4.39 Å². The molecule has 0 unspecified atom stereocenters. The average Bonchev–Trinajstić information content (AvgIpc) is 3.21. The van der Waals surface area contributed by atoms with Crippen LogP contribution in [0.5, 0.6) is 0 Å². The van der Waals surface area contributed by atoms with Gasteiger partial charge in [-0.3, -0.25) is 4.79 Å². The van der Waals surface area contributed by atoms with Crippen molar-refractivity contribution in [2.75, 3.05) is 20.1 Å². The van der Waals surface area contributed by atoms with Crippen molar-refractivity contribution in [2.45, 2.75) is 31.7 Å². The highest BCUT2D eigenvalue weighted by atomic mass is 19.1. The fourth-order valence-electron chi connectivity index (χ4n) is 2.21. The quantitative estimate of drug-likeness (QED) is 0.816. The van der Waals surface area contributed by atoms with E-state index in [2.05, 4.69) is 5.32 Å². The number of benzene rings is 1. The minimum atomic E-state index is -0.211. The number of rotatable bonds is 7. The van der Waals surface area contributed by atoms with E-state index in [1.165, 1.54) is 6.07 Å². The van der Waals surface area contributed by atoms with Gasteiger partial charge in [0.1, 0.15) is 5.82 Å². The number of hydrogen-bond acceptors (Lipinski definition) is 2. The van der Waals surface area contributed by atoms with Crippen molar-refractivity contribution in [1.82, 2.24) is 10.2 Å². The molecule has 1 saturated carbocycles. The molecule has 1 N–H and O–H groups in total. The summed E-state index contributed by atoms with van der Waals surface area (Å²) in [6.45, 7) is 1.40. The van der Waals surface area contributed by atoms with Gasteiger partial charge in [0.2, 0.25) is 5.91 Å². The molecule has 1 aliphatic rings. The van der Waals surface area contributed by atoms with Crippen LogP contribution in [0, 0.1) is 5.82 Å². The van der Waals surface area contributed by atoms with Crippen LogP contribution in [0.3, 0.4) is 0 Å². The maximum atomic E-state index is 13.1. The lowest BCUT2D eigenvalue weighted by atomic mass is 10.1. The predicted molar refractivity (Wildman–Crippen MR) is 73.4 cm³/mol. The highest BCUT2D eigenvalue weighted by molar-refractivity contribution is 5.77. The number of halogens is 1. The summed E-state index contributed by atoms with van der Waals surface area (Å²) in [5, 5.41) is 3.00. The van der Waals surface area contributed by atoms with E-state index in [9.17, 15) is 9.18 Å². The Kier molecular flexibility index (Phi) is 4.91. The number of nitrogens with zero attached hydrogens (tertiary/aromatic N) is 1. The molecule has 2 rings (SSSR count). The summed E-state index contributed by atoms with van der Waals surface area (Å²) in [5.41, 5.74) is 0.951. The Morgan fingerprint density at radius 3 is 2.89 bits per heavy atom. The molecule has 1 aromatic carbocycles. The zero-order valence-electron chi connectivity index (χ0n) is 11.4. The molecule has 0 bridgehead atoms. The molecule has 1 aromatic rings. The van der Waals surface area contributed by atoms with Gasteiger partial charge in [0.25, 0.3) is 0 Å². The number of nitrogens with one attached hydrogen (secondary N) is 1. The van der Waals surface area contributed by atoms with Gasteiger partial charge in [-0.15, -0.1) is 0 Å². The molecule has 0 aliphatic heterocycles. The first-order chi connectivity index (χ1) is 9.20. The van der Waals surface area contributed by atoms with Crippen LogP contribution in [0.1, 0.15) is 24.8 Å². The highest BCUT2D eigenvalue weighted by Gasteiger charge is 2.31. The number of hydrogen-bond donors (Lipinski definition) is 1. The van der Waals surface area contributed by atoms with Crippen LogP contribution < -0.4 is 5.32 Å². The first-order valence-electron chi connectivity index (χ1n) is 6.89. The monoisotopic (exact) mass is 264 g/mol. The summed E-state index contributed by atoms with van der Waals surface area (Å²) in [4.78, 5) is 14.0. The van der Waals surface area contributed by atoms with E-state index >= 15 is 0 Å². The first kappa shape index (κ1) is 14.0. The second kappa shape index (κ2) is 6.66. The van der Waals surface area contributed by atoms with E-state index in [1.54, 1.807) is 12.1 Å². The van der Waals surface area contributed by atoms with Gasteiger partial charge >= 0.3 is 0 Å². The fraction of sp³-hybridized carbons (Fsp3) is 0.533. The van der Waals surface area contributed by atoms with Gasteiger partial charge in [-0.2, -0.15) is 0 Å². The third-order valence-electron chi connectivity index (χ3n) is 3.43. The van der Waals surface area contributed by atoms with Crippen LogP contribution >= 0.6 is 0 Å². The summed E-state index contributed by atoms with van der Waals surface area (Å²) >= 11 is 0. The van der Waals surface area contributed by atoms with Crippen molar-refractivity contribution in [3.8, 4) is 0 Å². The Morgan fingerprint density at radius 2 is 2.26 bits per heavy atom. The van der Waals surface area contributed by atoms with E-state index in [0.29, 0.717) is 25.6 Å². The van der Waals surface area contributed by atoms with Gasteiger partial charge in [0.15, 0.2) is 0 Å². The summed E-state index contributed by atoms with van der Waals surface area (Å²) in [6, 6.07) is 7.03. The molecule has 1 amide bonds. The van der Waals surface area contributed by atoms with Crippen molar-refractivity contribution in [1.29, 1.82) is 0 Å². The lowest BCUT2D eigenvalue weighted by Gasteiger charge is -2.22. The van der Waals surface area contributed by atoms with Crippen molar-refractivity contribution in [3.05, 3.63) is 35.6 Å². The standard InChI is InChI=1S/C15H21FN2O/c1-17-9-7-15(19)18(14-5-6-14)10-8-12-3-2-4-13(16)11-12/h2-4,11,14,17H,5-10H2,1H3. The topological polar surface area (TPSA) is 32.3 Å². The largest absolute Gasteiger partial charge is 0.339 e. The molecule has 4 heteroatoms. The molecule has 19 heavy (non-hydrogen) atoms. The Morgan fingerprint density at radius 1 is 1.47 bits per heavy atom.